The van der Waals surface area contributed by atoms with Crippen LogP contribution in [0.25, 0.3) is 0 Å². The van der Waals surface area contributed by atoms with Gasteiger partial charge < -0.3 is 20.6 Å². The second-order valence-corrected chi connectivity index (χ2v) is 5.09. The first-order valence-electron chi connectivity index (χ1n) is 6.00. The van der Waals surface area contributed by atoms with E-state index >= 15 is 0 Å². The number of piperazine rings is 1. The van der Waals surface area contributed by atoms with Gasteiger partial charge in [-0.15, -0.1) is 0 Å². The van der Waals surface area contributed by atoms with Crippen molar-refractivity contribution < 1.29 is 19.5 Å². The average Bonchev–Trinajstić information content (AvgIpc) is 2.98. The molecule has 7 nitrogen and oxygen atoms in total. The van der Waals surface area contributed by atoms with E-state index < -0.39 is 17.9 Å². The Balaban J connectivity index is 2.04. The molecule has 100 valence electrons. The van der Waals surface area contributed by atoms with E-state index in [0.29, 0.717) is 13.1 Å². The van der Waals surface area contributed by atoms with Crippen LogP contribution in [0.3, 0.4) is 0 Å². The summed E-state index contributed by atoms with van der Waals surface area (Å²) >= 11 is 0. The lowest BCUT2D eigenvalue weighted by atomic mass is 10.1. The van der Waals surface area contributed by atoms with Crippen LogP contribution in [-0.4, -0.2) is 52.6 Å². The molecule has 0 radical (unpaired) electrons. The van der Waals surface area contributed by atoms with Crippen molar-refractivity contribution in [1.29, 1.82) is 0 Å². The Morgan fingerprint density at radius 3 is 2.78 bits per heavy atom. The maximum Gasteiger partial charge on any atom is 0.318 e. The molecule has 1 heterocycles. The molecule has 2 rings (SSSR count). The van der Waals surface area contributed by atoms with Crippen LogP contribution < -0.4 is 10.6 Å². The van der Waals surface area contributed by atoms with E-state index in [0.717, 1.165) is 12.8 Å². The second-order valence-electron chi connectivity index (χ2n) is 5.09. The number of carboxylic acids is 1. The largest absolute Gasteiger partial charge is 0.481 e. The van der Waals surface area contributed by atoms with Crippen LogP contribution in [0.5, 0.6) is 0 Å². The fourth-order valence-electron chi connectivity index (χ4n) is 1.97. The molecule has 0 aromatic carbocycles. The number of carbonyl (C=O) groups excluding carboxylic acids is 2. The van der Waals surface area contributed by atoms with E-state index in [1.165, 1.54) is 4.90 Å². The van der Waals surface area contributed by atoms with E-state index in [1.807, 2.05) is 6.92 Å². The summed E-state index contributed by atoms with van der Waals surface area (Å²) in [5, 5.41) is 14.2. The Labute approximate surface area is 105 Å². The first-order chi connectivity index (χ1) is 8.41. The minimum Gasteiger partial charge on any atom is -0.481 e. The molecule has 2 fully saturated rings. The fourth-order valence-corrected chi connectivity index (χ4v) is 1.97. The van der Waals surface area contributed by atoms with Gasteiger partial charge in [0.1, 0.15) is 6.04 Å². The lowest BCUT2D eigenvalue weighted by molar-refractivity contribution is -0.142. The molecule has 1 aliphatic heterocycles. The van der Waals surface area contributed by atoms with E-state index in [2.05, 4.69) is 10.6 Å². The highest BCUT2D eigenvalue weighted by molar-refractivity contribution is 5.91. The standard InChI is InChI=1S/C11H17N3O4/c1-11(2-3-11)13-10(18)14-5-4-12-9(17)7(14)6-8(15)16/h7H,2-6H2,1H3,(H,12,17)(H,13,18)(H,15,16). The smallest absolute Gasteiger partial charge is 0.318 e. The van der Waals surface area contributed by atoms with Gasteiger partial charge in [-0.05, 0) is 19.8 Å². The van der Waals surface area contributed by atoms with Crippen LogP contribution in [0.1, 0.15) is 26.2 Å². The number of hydrogen-bond acceptors (Lipinski definition) is 3. The zero-order valence-corrected chi connectivity index (χ0v) is 10.2. The maximum atomic E-state index is 12.0. The van der Waals surface area contributed by atoms with Gasteiger partial charge >= 0.3 is 12.0 Å². The molecule has 0 spiro atoms. The van der Waals surface area contributed by atoms with Crippen LogP contribution in [0, 0.1) is 0 Å². The Morgan fingerprint density at radius 1 is 1.56 bits per heavy atom. The van der Waals surface area contributed by atoms with E-state index in [9.17, 15) is 14.4 Å². The van der Waals surface area contributed by atoms with Gasteiger partial charge in [0, 0.05) is 18.6 Å². The van der Waals surface area contributed by atoms with Crippen molar-refractivity contribution in [3.05, 3.63) is 0 Å². The minimum atomic E-state index is -1.09. The van der Waals surface area contributed by atoms with E-state index in [4.69, 9.17) is 5.11 Å². The molecular formula is C11H17N3O4. The van der Waals surface area contributed by atoms with Crippen LogP contribution >= 0.6 is 0 Å². The minimum absolute atomic E-state index is 0.182. The summed E-state index contributed by atoms with van der Waals surface area (Å²) in [7, 11) is 0. The quantitative estimate of drug-likeness (QED) is 0.634. The molecular weight excluding hydrogens is 238 g/mol. The van der Waals surface area contributed by atoms with Gasteiger partial charge in [-0.3, -0.25) is 9.59 Å². The highest BCUT2D eigenvalue weighted by Crippen LogP contribution is 2.34. The molecule has 0 aromatic rings. The number of rotatable bonds is 3. The molecule has 0 aromatic heterocycles. The van der Waals surface area contributed by atoms with Gasteiger partial charge in [-0.25, -0.2) is 4.79 Å². The molecule has 2 aliphatic rings. The van der Waals surface area contributed by atoms with Crippen molar-refractivity contribution in [3.8, 4) is 0 Å². The summed E-state index contributed by atoms with van der Waals surface area (Å²) in [5.74, 6) is -1.49. The summed E-state index contributed by atoms with van der Waals surface area (Å²) in [6.07, 6.45) is 1.47. The number of amides is 3. The molecule has 1 saturated carbocycles. The molecule has 1 unspecified atom stereocenters. The van der Waals surface area contributed by atoms with Crippen molar-refractivity contribution >= 4 is 17.9 Å². The topological polar surface area (TPSA) is 98.7 Å². The lowest BCUT2D eigenvalue weighted by Gasteiger charge is -2.35. The summed E-state index contributed by atoms with van der Waals surface area (Å²) in [6, 6.07) is -1.27. The molecule has 1 saturated heterocycles. The summed E-state index contributed by atoms with van der Waals surface area (Å²) < 4.78 is 0. The monoisotopic (exact) mass is 255 g/mol. The van der Waals surface area contributed by atoms with Crippen LogP contribution in [-0.2, 0) is 9.59 Å². The third-order valence-corrected chi connectivity index (χ3v) is 3.37. The van der Waals surface area contributed by atoms with Gasteiger partial charge in [-0.2, -0.15) is 0 Å². The normalized spacial score (nSPS) is 25.3. The third-order valence-electron chi connectivity index (χ3n) is 3.37. The number of carboxylic acid groups (broad SMARTS) is 1. The number of carbonyl (C=O) groups is 3. The maximum absolute atomic E-state index is 12.0. The number of nitrogens with one attached hydrogen (secondary N) is 2. The second kappa shape index (κ2) is 4.47. The van der Waals surface area contributed by atoms with Gasteiger partial charge in [0.05, 0.1) is 6.42 Å². The summed E-state index contributed by atoms with van der Waals surface area (Å²) in [4.78, 5) is 35.7. The fraction of sp³-hybridized carbons (Fsp3) is 0.727. The van der Waals surface area contributed by atoms with Gasteiger partial charge in [-0.1, -0.05) is 0 Å². The van der Waals surface area contributed by atoms with Crippen molar-refractivity contribution in [1.82, 2.24) is 15.5 Å². The zero-order chi connectivity index (χ0) is 13.3. The van der Waals surface area contributed by atoms with Crippen molar-refractivity contribution in [3.63, 3.8) is 0 Å². The van der Waals surface area contributed by atoms with Crippen molar-refractivity contribution in [2.24, 2.45) is 0 Å². The predicted molar refractivity (Wildman–Crippen MR) is 61.9 cm³/mol. The van der Waals surface area contributed by atoms with Crippen molar-refractivity contribution in [2.75, 3.05) is 13.1 Å². The number of hydrogen-bond donors (Lipinski definition) is 3. The number of urea groups is 1. The first-order valence-corrected chi connectivity index (χ1v) is 6.00. The lowest BCUT2D eigenvalue weighted by Crippen LogP contribution is -2.60. The molecule has 3 N–H and O–H groups in total. The molecule has 18 heavy (non-hydrogen) atoms. The molecule has 1 atom stereocenters. The highest BCUT2D eigenvalue weighted by Gasteiger charge is 2.42. The van der Waals surface area contributed by atoms with Crippen LogP contribution in [0.2, 0.25) is 0 Å². The van der Waals surface area contributed by atoms with Crippen molar-refractivity contribution in [2.45, 2.75) is 37.8 Å². The number of nitrogens with zero attached hydrogens (tertiary/aromatic N) is 1. The van der Waals surface area contributed by atoms with Crippen LogP contribution in [0.4, 0.5) is 4.79 Å². The molecule has 0 bridgehead atoms. The summed E-state index contributed by atoms with van der Waals surface area (Å²) in [5.41, 5.74) is -0.182. The predicted octanol–water partition coefficient (Wildman–Crippen LogP) is -0.476. The van der Waals surface area contributed by atoms with E-state index in [-0.39, 0.29) is 18.0 Å². The highest BCUT2D eigenvalue weighted by atomic mass is 16.4. The molecule has 7 heteroatoms. The Hall–Kier alpha value is -1.79. The first kappa shape index (κ1) is 12.7. The Morgan fingerprint density at radius 2 is 2.22 bits per heavy atom. The average molecular weight is 255 g/mol. The zero-order valence-electron chi connectivity index (χ0n) is 10.2. The Bertz CT molecular complexity index is 392. The summed E-state index contributed by atoms with van der Waals surface area (Å²) in [6.45, 7) is 2.63. The van der Waals surface area contributed by atoms with Gasteiger partial charge in [0.2, 0.25) is 5.91 Å². The van der Waals surface area contributed by atoms with Gasteiger partial charge in [0.25, 0.3) is 0 Å². The molecule has 3 amide bonds. The number of aliphatic carboxylic acids is 1. The van der Waals surface area contributed by atoms with E-state index in [1.54, 1.807) is 0 Å². The third kappa shape index (κ3) is 2.72. The molecule has 1 aliphatic carbocycles. The Kier molecular flexibility index (Phi) is 3.14. The SMILES string of the molecule is CC1(NC(=O)N2CCNC(=O)C2CC(=O)O)CC1. The van der Waals surface area contributed by atoms with Gasteiger partial charge in [0.15, 0.2) is 0 Å². The van der Waals surface area contributed by atoms with Crippen LogP contribution in [0.15, 0.2) is 0 Å².